The predicted molar refractivity (Wildman–Crippen MR) is 125 cm³/mol. The highest BCUT2D eigenvalue weighted by Gasteiger charge is 2.32. The Bertz CT molecular complexity index is 1270. The lowest BCUT2D eigenvalue weighted by Gasteiger charge is -2.24. The maximum atomic E-state index is 13.2. The summed E-state index contributed by atoms with van der Waals surface area (Å²) >= 11 is 0. The maximum absolute atomic E-state index is 13.2. The molecule has 4 aromatic rings. The monoisotopic (exact) mass is 445 g/mol. The molecule has 0 bridgehead atoms. The Labute approximate surface area is 190 Å². The molecule has 0 saturated heterocycles. The molecule has 0 spiro atoms. The van der Waals surface area contributed by atoms with E-state index >= 15 is 0 Å². The molecule has 0 atom stereocenters. The summed E-state index contributed by atoms with van der Waals surface area (Å²) in [5, 5.41) is 0.934. The van der Waals surface area contributed by atoms with E-state index in [1.807, 2.05) is 42.5 Å². The summed E-state index contributed by atoms with van der Waals surface area (Å²) in [4.78, 5) is 11.0. The predicted octanol–water partition coefficient (Wildman–Crippen LogP) is 6.14. The lowest BCUT2D eigenvalue weighted by Crippen LogP contribution is -2.28. The van der Waals surface area contributed by atoms with Crippen molar-refractivity contribution in [3.8, 4) is 11.8 Å². The van der Waals surface area contributed by atoms with Crippen LogP contribution < -0.4 is 4.90 Å². The lowest BCUT2D eigenvalue weighted by atomic mass is 10.1. The first-order chi connectivity index (χ1) is 16.0. The van der Waals surface area contributed by atoms with Gasteiger partial charge in [-0.3, -0.25) is 0 Å². The number of nitrogens with zero attached hydrogens (tertiary/aromatic N) is 3. The zero-order valence-electron chi connectivity index (χ0n) is 17.9. The van der Waals surface area contributed by atoms with E-state index in [-0.39, 0.29) is 5.56 Å². The highest BCUT2D eigenvalue weighted by molar-refractivity contribution is 5.89. The van der Waals surface area contributed by atoms with Crippen molar-refractivity contribution in [1.29, 1.82) is 0 Å². The topological polar surface area (TPSA) is 29.0 Å². The molecule has 0 unspecified atom stereocenters. The Kier molecular flexibility index (Phi) is 6.89. The van der Waals surface area contributed by atoms with Crippen LogP contribution in [0.5, 0.6) is 0 Å². The lowest BCUT2D eigenvalue weighted by molar-refractivity contribution is -0.137. The van der Waals surface area contributed by atoms with E-state index < -0.39 is 11.7 Å². The quantitative estimate of drug-likeness (QED) is 0.334. The van der Waals surface area contributed by atoms with Gasteiger partial charge in [0.2, 0.25) is 0 Å². The molecule has 0 fully saturated rings. The van der Waals surface area contributed by atoms with E-state index in [4.69, 9.17) is 0 Å². The van der Waals surface area contributed by atoms with Crippen molar-refractivity contribution in [2.45, 2.75) is 19.0 Å². The first-order valence-corrected chi connectivity index (χ1v) is 10.7. The second kappa shape index (κ2) is 10.2. The van der Waals surface area contributed by atoms with Gasteiger partial charge in [0.05, 0.1) is 11.1 Å². The van der Waals surface area contributed by atoms with Crippen LogP contribution in [0.15, 0.2) is 85.2 Å². The molecule has 166 valence electrons. The molecule has 4 rings (SSSR count). The number of hydrogen-bond acceptors (Lipinski definition) is 3. The molecule has 3 nitrogen and oxygen atoms in total. The third-order valence-corrected chi connectivity index (χ3v) is 5.30. The van der Waals surface area contributed by atoms with Gasteiger partial charge in [-0.05, 0) is 36.2 Å². The number of alkyl halides is 3. The standard InChI is InChI=1S/C27H22F3N3/c28-27(29,30)24-15-6-4-12-22(24)13-8-9-18-33(19-17-21-10-2-1-3-11-21)26-23-14-5-7-16-25(23)31-20-32-26/h1-7,10-12,14-16,20H,9,17-19H2. The molecular formula is C27H22F3N3. The highest BCUT2D eigenvalue weighted by atomic mass is 19.4. The van der Waals surface area contributed by atoms with Crippen molar-refractivity contribution >= 4 is 16.7 Å². The fourth-order valence-electron chi connectivity index (χ4n) is 3.66. The number of benzene rings is 3. The Morgan fingerprint density at radius 1 is 0.788 bits per heavy atom. The molecule has 3 aromatic carbocycles. The summed E-state index contributed by atoms with van der Waals surface area (Å²) in [6.07, 6.45) is -1.67. The Morgan fingerprint density at radius 3 is 2.33 bits per heavy atom. The average Bonchev–Trinajstić information content (AvgIpc) is 2.83. The number of halogens is 3. The van der Waals surface area contributed by atoms with Crippen LogP contribution in [0.25, 0.3) is 10.9 Å². The SMILES string of the molecule is FC(F)(F)c1ccccc1C#CCCN(CCc1ccccc1)c1ncnc2ccccc12. The van der Waals surface area contributed by atoms with E-state index in [2.05, 4.69) is 38.8 Å². The minimum atomic E-state index is -4.42. The van der Waals surface area contributed by atoms with Crippen LogP contribution in [0, 0.1) is 11.8 Å². The highest BCUT2D eigenvalue weighted by Crippen LogP contribution is 2.31. The fraction of sp³-hybridized carbons (Fsp3) is 0.185. The zero-order valence-corrected chi connectivity index (χ0v) is 17.9. The first kappa shape index (κ1) is 22.3. The smallest absolute Gasteiger partial charge is 0.355 e. The van der Waals surface area contributed by atoms with Crippen LogP contribution in [0.4, 0.5) is 19.0 Å². The van der Waals surface area contributed by atoms with E-state index in [0.29, 0.717) is 19.5 Å². The second-order valence-corrected chi connectivity index (χ2v) is 7.53. The van der Waals surface area contributed by atoms with Crippen LogP contribution in [0.1, 0.15) is 23.1 Å². The van der Waals surface area contributed by atoms with E-state index in [0.717, 1.165) is 29.2 Å². The number of para-hydroxylation sites is 1. The molecule has 0 amide bonds. The van der Waals surface area contributed by atoms with Crippen molar-refractivity contribution in [1.82, 2.24) is 9.97 Å². The van der Waals surface area contributed by atoms with Crippen molar-refractivity contribution in [2.24, 2.45) is 0 Å². The van der Waals surface area contributed by atoms with Crippen LogP contribution in [-0.4, -0.2) is 23.1 Å². The largest absolute Gasteiger partial charge is 0.417 e. The average molecular weight is 445 g/mol. The number of hydrogen-bond donors (Lipinski definition) is 0. The zero-order chi connectivity index (χ0) is 23.1. The number of rotatable bonds is 6. The van der Waals surface area contributed by atoms with Gasteiger partial charge in [-0.2, -0.15) is 13.2 Å². The summed E-state index contributed by atoms with van der Waals surface area (Å²) in [5.41, 5.74) is 1.33. The molecule has 0 aliphatic rings. The summed E-state index contributed by atoms with van der Waals surface area (Å²) in [6, 6.07) is 23.3. The van der Waals surface area contributed by atoms with E-state index in [1.165, 1.54) is 17.7 Å². The first-order valence-electron chi connectivity index (χ1n) is 10.7. The summed E-state index contributed by atoms with van der Waals surface area (Å²) in [5.74, 6) is 6.43. The van der Waals surface area contributed by atoms with Crippen molar-refractivity contribution < 1.29 is 13.2 Å². The molecule has 1 heterocycles. The van der Waals surface area contributed by atoms with Gasteiger partial charge >= 0.3 is 6.18 Å². The molecule has 0 N–H and O–H groups in total. The minimum absolute atomic E-state index is 0.00618. The molecule has 0 radical (unpaired) electrons. The number of fused-ring (bicyclic) bond motifs is 1. The van der Waals surface area contributed by atoms with Crippen LogP contribution in [0.3, 0.4) is 0 Å². The molecule has 33 heavy (non-hydrogen) atoms. The Balaban J connectivity index is 1.56. The Morgan fingerprint density at radius 2 is 1.52 bits per heavy atom. The van der Waals surface area contributed by atoms with Crippen molar-refractivity contribution in [3.63, 3.8) is 0 Å². The number of anilines is 1. The van der Waals surface area contributed by atoms with Crippen LogP contribution in [-0.2, 0) is 12.6 Å². The van der Waals surface area contributed by atoms with Gasteiger partial charge in [-0.25, -0.2) is 9.97 Å². The third kappa shape index (κ3) is 5.69. The van der Waals surface area contributed by atoms with E-state index in [9.17, 15) is 13.2 Å². The van der Waals surface area contributed by atoms with Crippen molar-refractivity contribution in [2.75, 3.05) is 18.0 Å². The molecule has 6 heteroatoms. The fourth-order valence-corrected chi connectivity index (χ4v) is 3.66. The van der Waals surface area contributed by atoms with Crippen LogP contribution in [0.2, 0.25) is 0 Å². The van der Waals surface area contributed by atoms with Gasteiger partial charge < -0.3 is 4.90 Å². The molecule has 0 aliphatic heterocycles. The summed E-state index contributed by atoms with van der Waals surface area (Å²) in [7, 11) is 0. The molecule has 1 aromatic heterocycles. The van der Waals surface area contributed by atoms with Crippen molar-refractivity contribution in [3.05, 3.63) is 102 Å². The summed E-state index contributed by atoms with van der Waals surface area (Å²) < 4.78 is 39.7. The van der Waals surface area contributed by atoms with Gasteiger partial charge in [0.1, 0.15) is 12.1 Å². The summed E-state index contributed by atoms with van der Waals surface area (Å²) in [6.45, 7) is 1.24. The van der Waals surface area contributed by atoms with Gasteiger partial charge in [0, 0.05) is 30.5 Å². The molecular weight excluding hydrogens is 423 g/mol. The normalized spacial score (nSPS) is 11.1. The maximum Gasteiger partial charge on any atom is 0.417 e. The second-order valence-electron chi connectivity index (χ2n) is 7.53. The minimum Gasteiger partial charge on any atom is -0.355 e. The van der Waals surface area contributed by atoms with E-state index in [1.54, 1.807) is 12.4 Å². The number of aromatic nitrogens is 2. The van der Waals surface area contributed by atoms with Crippen LogP contribution >= 0.6 is 0 Å². The van der Waals surface area contributed by atoms with Gasteiger partial charge in [0.25, 0.3) is 0 Å². The van der Waals surface area contributed by atoms with Gasteiger partial charge in [-0.15, -0.1) is 0 Å². The van der Waals surface area contributed by atoms with Gasteiger partial charge in [0.15, 0.2) is 0 Å². The third-order valence-electron chi connectivity index (χ3n) is 5.30. The van der Waals surface area contributed by atoms with Gasteiger partial charge in [-0.1, -0.05) is 66.4 Å². The molecule has 0 saturated carbocycles. The molecule has 0 aliphatic carbocycles. The Hall–Kier alpha value is -3.85.